The van der Waals surface area contributed by atoms with Gasteiger partial charge in [-0.05, 0) is 34.9 Å². The van der Waals surface area contributed by atoms with E-state index in [9.17, 15) is 13.2 Å². The van der Waals surface area contributed by atoms with Crippen molar-refractivity contribution >= 4 is 23.2 Å². The third-order valence-corrected chi connectivity index (χ3v) is 3.38. The summed E-state index contributed by atoms with van der Waals surface area (Å²) >= 11 is 11.7. The van der Waals surface area contributed by atoms with E-state index in [1.54, 1.807) is 18.2 Å². The van der Waals surface area contributed by atoms with E-state index in [0.717, 1.165) is 23.3 Å². The average molecular weight is 305 g/mol. The highest BCUT2D eigenvalue weighted by atomic mass is 35.5. The van der Waals surface area contributed by atoms with Crippen LogP contribution in [0.1, 0.15) is 11.1 Å². The fourth-order valence-corrected chi connectivity index (χ4v) is 2.24. The zero-order valence-corrected chi connectivity index (χ0v) is 11.2. The molecule has 0 aliphatic rings. The zero-order valence-electron chi connectivity index (χ0n) is 9.64. The molecule has 5 heteroatoms. The first-order chi connectivity index (χ1) is 8.91. The summed E-state index contributed by atoms with van der Waals surface area (Å²) in [4.78, 5) is 0. The van der Waals surface area contributed by atoms with Crippen LogP contribution in [0.4, 0.5) is 13.2 Å². The van der Waals surface area contributed by atoms with Gasteiger partial charge in [-0.25, -0.2) is 0 Å². The number of halogens is 5. The molecule has 0 bridgehead atoms. The van der Waals surface area contributed by atoms with Crippen LogP contribution in [0, 0.1) is 0 Å². The Morgan fingerprint density at radius 2 is 1.47 bits per heavy atom. The second kappa shape index (κ2) is 5.43. The van der Waals surface area contributed by atoms with Gasteiger partial charge in [0.25, 0.3) is 0 Å². The molecule has 2 aromatic carbocycles. The molecule has 0 aliphatic carbocycles. The Bertz CT molecular complexity index is 574. The van der Waals surface area contributed by atoms with Crippen molar-refractivity contribution in [1.29, 1.82) is 0 Å². The molecule has 0 nitrogen and oxygen atoms in total. The molecule has 2 aromatic rings. The molecule has 0 saturated carbocycles. The predicted octanol–water partition coefficient (Wildman–Crippen LogP) is 5.76. The van der Waals surface area contributed by atoms with Crippen molar-refractivity contribution in [3.63, 3.8) is 0 Å². The third kappa shape index (κ3) is 3.23. The van der Waals surface area contributed by atoms with E-state index in [4.69, 9.17) is 23.2 Å². The van der Waals surface area contributed by atoms with Crippen LogP contribution in [0.15, 0.2) is 42.5 Å². The summed E-state index contributed by atoms with van der Waals surface area (Å²) in [5.41, 5.74) is 1.56. The van der Waals surface area contributed by atoms with Crippen LogP contribution < -0.4 is 0 Å². The Labute approximate surface area is 118 Å². The first-order valence-corrected chi connectivity index (χ1v) is 6.35. The van der Waals surface area contributed by atoms with Crippen molar-refractivity contribution in [1.82, 2.24) is 0 Å². The van der Waals surface area contributed by atoms with Crippen LogP contribution in [0.2, 0.25) is 5.02 Å². The molecule has 0 saturated heterocycles. The van der Waals surface area contributed by atoms with Gasteiger partial charge in [0.1, 0.15) is 0 Å². The lowest BCUT2D eigenvalue weighted by Crippen LogP contribution is -2.03. The summed E-state index contributed by atoms with van der Waals surface area (Å²) < 4.78 is 37.3. The molecule has 100 valence electrons. The van der Waals surface area contributed by atoms with Gasteiger partial charge in [0.2, 0.25) is 0 Å². The fraction of sp³-hybridized carbons (Fsp3) is 0.143. The maximum absolute atomic E-state index is 12.4. The average Bonchev–Trinajstić information content (AvgIpc) is 2.38. The van der Waals surface area contributed by atoms with Crippen molar-refractivity contribution < 1.29 is 13.2 Å². The Morgan fingerprint density at radius 3 is 1.95 bits per heavy atom. The van der Waals surface area contributed by atoms with Crippen molar-refractivity contribution in [2.75, 3.05) is 0 Å². The van der Waals surface area contributed by atoms with Gasteiger partial charge >= 0.3 is 6.18 Å². The fourth-order valence-electron chi connectivity index (χ4n) is 1.69. The molecular weight excluding hydrogens is 296 g/mol. The number of rotatable bonds is 2. The van der Waals surface area contributed by atoms with Gasteiger partial charge in [0.05, 0.1) is 5.56 Å². The van der Waals surface area contributed by atoms with Gasteiger partial charge in [-0.1, -0.05) is 35.9 Å². The SMILES string of the molecule is FC(F)(F)c1ccc(-c2ccc(CCl)c(Cl)c2)cc1. The smallest absolute Gasteiger partial charge is 0.166 e. The first kappa shape index (κ1) is 14.2. The summed E-state index contributed by atoms with van der Waals surface area (Å²) in [5.74, 6) is 0.298. The number of hydrogen-bond acceptors (Lipinski definition) is 0. The standard InChI is InChI=1S/C14H9Cl2F3/c15-8-11-2-1-10(7-13(11)16)9-3-5-12(6-4-9)14(17,18)19/h1-7H,8H2. The third-order valence-electron chi connectivity index (χ3n) is 2.74. The Morgan fingerprint density at radius 1 is 0.895 bits per heavy atom. The van der Waals surface area contributed by atoms with Crippen LogP contribution in [0.25, 0.3) is 11.1 Å². The lowest BCUT2D eigenvalue weighted by Gasteiger charge is -2.09. The minimum absolute atomic E-state index is 0.298. The Kier molecular flexibility index (Phi) is 4.07. The summed E-state index contributed by atoms with van der Waals surface area (Å²) in [7, 11) is 0. The molecule has 0 aliphatic heterocycles. The second-order valence-corrected chi connectivity index (χ2v) is 4.69. The Balaban J connectivity index is 2.35. The number of hydrogen-bond donors (Lipinski definition) is 0. The van der Waals surface area contributed by atoms with Crippen LogP contribution in [-0.2, 0) is 12.1 Å². The van der Waals surface area contributed by atoms with Crippen LogP contribution in [0.3, 0.4) is 0 Å². The molecule has 0 atom stereocenters. The van der Waals surface area contributed by atoms with Crippen molar-refractivity contribution in [2.24, 2.45) is 0 Å². The summed E-state index contributed by atoms with van der Waals surface area (Å²) in [6, 6.07) is 10.2. The highest BCUT2D eigenvalue weighted by molar-refractivity contribution is 6.32. The first-order valence-electron chi connectivity index (χ1n) is 5.44. The highest BCUT2D eigenvalue weighted by Crippen LogP contribution is 2.32. The molecule has 19 heavy (non-hydrogen) atoms. The molecule has 0 radical (unpaired) electrons. The molecular formula is C14H9Cl2F3. The normalized spacial score (nSPS) is 11.6. The Hall–Kier alpha value is -1.19. The molecule has 2 rings (SSSR count). The van der Waals surface area contributed by atoms with Gasteiger partial charge < -0.3 is 0 Å². The van der Waals surface area contributed by atoms with Gasteiger partial charge in [-0.3, -0.25) is 0 Å². The molecule has 0 unspecified atom stereocenters. The maximum Gasteiger partial charge on any atom is 0.416 e. The highest BCUT2D eigenvalue weighted by Gasteiger charge is 2.29. The maximum atomic E-state index is 12.4. The summed E-state index contributed by atoms with van der Waals surface area (Å²) in [5, 5.41) is 0.507. The second-order valence-electron chi connectivity index (χ2n) is 4.01. The van der Waals surface area contributed by atoms with E-state index >= 15 is 0 Å². The number of alkyl halides is 4. The molecule has 0 spiro atoms. The topological polar surface area (TPSA) is 0 Å². The lowest BCUT2D eigenvalue weighted by molar-refractivity contribution is -0.137. The lowest BCUT2D eigenvalue weighted by atomic mass is 10.0. The van der Waals surface area contributed by atoms with Gasteiger partial charge in [0, 0.05) is 10.9 Å². The van der Waals surface area contributed by atoms with Crippen LogP contribution >= 0.6 is 23.2 Å². The minimum atomic E-state index is -4.32. The predicted molar refractivity (Wildman–Crippen MR) is 71.4 cm³/mol. The van der Waals surface area contributed by atoms with E-state index < -0.39 is 11.7 Å². The molecule has 0 fully saturated rings. The quantitative estimate of drug-likeness (QED) is 0.618. The molecule has 0 amide bonds. The van der Waals surface area contributed by atoms with Crippen molar-refractivity contribution in [2.45, 2.75) is 12.1 Å². The van der Waals surface area contributed by atoms with Crippen molar-refractivity contribution in [3.8, 4) is 11.1 Å². The summed E-state index contributed by atoms with van der Waals surface area (Å²) in [6.45, 7) is 0. The van der Waals surface area contributed by atoms with Gasteiger partial charge in [-0.15, -0.1) is 11.6 Å². The van der Waals surface area contributed by atoms with E-state index in [0.29, 0.717) is 16.5 Å². The van der Waals surface area contributed by atoms with Crippen LogP contribution in [0.5, 0.6) is 0 Å². The largest absolute Gasteiger partial charge is 0.416 e. The van der Waals surface area contributed by atoms with Crippen LogP contribution in [-0.4, -0.2) is 0 Å². The number of benzene rings is 2. The van der Waals surface area contributed by atoms with E-state index in [1.165, 1.54) is 12.1 Å². The van der Waals surface area contributed by atoms with E-state index in [2.05, 4.69) is 0 Å². The van der Waals surface area contributed by atoms with Gasteiger partial charge in [0.15, 0.2) is 0 Å². The van der Waals surface area contributed by atoms with E-state index in [-0.39, 0.29) is 0 Å². The summed E-state index contributed by atoms with van der Waals surface area (Å²) in [6.07, 6.45) is -4.32. The van der Waals surface area contributed by atoms with Gasteiger partial charge in [-0.2, -0.15) is 13.2 Å². The minimum Gasteiger partial charge on any atom is -0.166 e. The molecule has 0 N–H and O–H groups in total. The monoisotopic (exact) mass is 304 g/mol. The van der Waals surface area contributed by atoms with Crippen molar-refractivity contribution in [3.05, 3.63) is 58.6 Å². The molecule has 0 aromatic heterocycles. The molecule has 0 heterocycles. The van der Waals surface area contributed by atoms with E-state index in [1.807, 2.05) is 0 Å². The zero-order chi connectivity index (χ0) is 14.0.